The molecule has 6 fully saturated rings. The molecular formula is C60H73N30O34P5. The molecule has 692 valence electrons. The number of hydrogen-bond donors (Lipinski definition) is 19. The zero-order valence-corrected chi connectivity index (χ0v) is 69.3. The van der Waals surface area contributed by atoms with Crippen molar-refractivity contribution in [3.63, 3.8) is 0 Å². The van der Waals surface area contributed by atoms with Crippen LogP contribution in [0.5, 0.6) is 0 Å². The number of phosphoric ester groups is 5. The van der Waals surface area contributed by atoms with E-state index in [1.807, 2.05) is 0 Å². The summed E-state index contributed by atoms with van der Waals surface area (Å²) in [6, 6.07) is 0. The van der Waals surface area contributed by atoms with Gasteiger partial charge in [0.05, 0.1) is 77.6 Å². The van der Waals surface area contributed by atoms with Crippen molar-refractivity contribution in [2.45, 2.75) is 147 Å². The van der Waals surface area contributed by atoms with Gasteiger partial charge in [-0.15, -0.1) is 0 Å². The number of aliphatic hydroxyl groups excluding tert-OH is 8. The van der Waals surface area contributed by atoms with Gasteiger partial charge in [-0.3, -0.25) is 72.6 Å². The number of anilines is 6. The minimum Gasteiger partial charge on any atom is -0.394 e. The van der Waals surface area contributed by atoms with Crippen molar-refractivity contribution in [3.05, 3.63) is 75.9 Å². The second kappa shape index (κ2) is 34.7. The summed E-state index contributed by atoms with van der Waals surface area (Å²) in [7, 11) is -28.3. The fourth-order valence-corrected chi connectivity index (χ4v) is 19.8. The lowest BCUT2D eigenvalue weighted by atomic mass is 10.1. The second-order valence-electron chi connectivity index (χ2n) is 29.2. The molecule has 69 heteroatoms. The number of imidazole rings is 6. The Morgan fingerprint density at radius 1 is 0.264 bits per heavy atom. The predicted molar refractivity (Wildman–Crippen MR) is 414 cm³/mol. The maximum atomic E-state index is 14.5. The average Bonchev–Trinajstić information content (AvgIpc) is 1.61. The Bertz CT molecular complexity index is 6470. The van der Waals surface area contributed by atoms with Gasteiger partial charge >= 0.3 is 39.1 Å². The topological polar surface area (TPSA) is 914 Å². The summed E-state index contributed by atoms with van der Waals surface area (Å²) in [5.74, 6) is -0.837. The third-order valence-electron chi connectivity index (χ3n) is 21.3. The highest BCUT2D eigenvalue weighted by Gasteiger charge is 2.58. The molecule has 0 saturated carbocycles. The molecule has 11 unspecified atom stereocenters. The summed E-state index contributed by atoms with van der Waals surface area (Å²) < 4.78 is 169. The fourth-order valence-electron chi connectivity index (χ4n) is 15.2. The Kier molecular flexibility index (Phi) is 24.1. The molecule has 0 radical (unpaired) electrons. The number of hydrogen-bond acceptors (Lipinski definition) is 53. The molecule has 6 saturated heterocycles. The van der Waals surface area contributed by atoms with Gasteiger partial charge in [-0.1, -0.05) is 0 Å². The third kappa shape index (κ3) is 17.1. The Labute approximate surface area is 714 Å². The van der Waals surface area contributed by atoms with Gasteiger partial charge in [-0.25, -0.2) is 113 Å². The molecule has 18 heterocycles. The summed E-state index contributed by atoms with van der Waals surface area (Å²) >= 11 is 0. The van der Waals surface area contributed by atoms with E-state index in [4.69, 9.17) is 108 Å². The van der Waals surface area contributed by atoms with E-state index in [9.17, 15) is 88.1 Å². The number of phosphoric acid groups is 5. The molecule has 29 atom stereocenters. The van der Waals surface area contributed by atoms with E-state index in [0.29, 0.717) is 0 Å². The Morgan fingerprint density at radius 3 is 0.651 bits per heavy atom. The van der Waals surface area contributed by atoms with Crippen molar-refractivity contribution in [1.82, 2.24) is 117 Å². The van der Waals surface area contributed by atoms with Crippen LogP contribution in [-0.4, -0.2) is 332 Å². The predicted octanol–water partition coefficient (Wildman–Crippen LogP) is -6.07. The zero-order valence-electron chi connectivity index (χ0n) is 64.8. The van der Waals surface area contributed by atoms with E-state index in [2.05, 4.69) is 89.7 Å². The van der Waals surface area contributed by atoms with E-state index >= 15 is 0 Å². The minimum atomic E-state index is -5.80. The molecule has 25 N–H and O–H groups in total. The van der Waals surface area contributed by atoms with Crippen LogP contribution in [0.3, 0.4) is 0 Å². The third-order valence-corrected chi connectivity index (χ3v) is 26.3. The van der Waals surface area contributed by atoms with Crippen molar-refractivity contribution in [2.75, 3.05) is 74.0 Å². The molecule has 18 rings (SSSR count). The molecule has 12 aromatic rings. The van der Waals surface area contributed by atoms with Crippen LogP contribution in [0.15, 0.2) is 75.9 Å². The Balaban J connectivity index is 0.553. The number of nitrogens with zero attached hydrogens (tertiary/aromatic N) is 24. The van der Waals surface area contributed by atoms with Crippen molar-refractivity contribution in [1.29, 1.82) is 0 Å². The van der Waals surface area contributed by atoms with Gasteiger partial charge in [0.15, 0.2) is 106 Å². The highest BCUT2D eigenvalue weighted by atomic mass is 31.2. The quantitative estimate of drug-likeness (QED) is 0.0175. The van der Waals surface area contributed by atoms with Crippen LogP contribution in [0.2, 0.25) is 0 Å². The standard InChI is InChI=1S/C60H73N30O34P5/c61-43-25-49(73-7-67-43)85(13-79-25)55-37(98)31(92)20(115-55)2-109-125(99,100)121-39-33(94)22(117-57(39)87-15-81-27-45(63)69-9-75-51(27)87)4-111-127(103,104)123-41-35(96)24(119-59(41)89-17-83-29-47(65)71-11-77-53(29)89)6-113-129(107,108)124-42-36(97)23(118-60(42)90-18-84-30-48(66)72-12-78-54(30)90)5-112-128(105,106)122-40-34(95)21(116-58(40)88-16-82-28-46(64)70-10-76-52(28)88)3-110-126(101,102)120-38-32(93)19(1-91)114-56(38)86-14-80-26-44(62)68-8-74-50(26)86/h7-24,31-42,55-60,91-98H,1-6H2,(H,99,100)(H,101,102)(H,103,104)(H,105,106)(H,107,108)(H2,61,67,73)(H2,62,68,74)(H2,63,69,75)(H2,64,70,76)(H2,65,71,77)(H2,66,72,78)/t19-,20-,21-,22-,23-,24-,31-,32-,33-,34-,35-,36-,37-,38-,39-,40-,41-,42-,55?,56?,57?,58?,59?,60?/m1/s1. The Morgan fingerprint density at radius 2 is 0.442 bits per heavy atom. The maximum Gasteiger partial charge on any atom is 0.472 e. The van der Waals surface area contributed by atoms with Crippen molar-refractivity contribution in [3.8, 4) is 0 Å². The molecule has 0 aliphatic carbocycles. The summed E-state index contributed by atoms with van der Waals surface area (Å²) in [6.07, 6.45) is -32.8. The number of nitrogens with two attached hydrogens (primary N) is 6. The second-order valence-corrected chi connectivity index (χ2v) is 36.2. The van der Waals surface area contributed by atoms with Gasteiger partial charge in [0.1, 0.15) is 181 Å². The number of fused-ring (bicyclic) bond motifs is 6. The van der Waals surface area contributed by atoms with E-state index in [1.54, 1.807) is 0 Å². The lowest BCUT2D eigenvalue weighted by Crippen LogP contribution is -2.37. The first-order chi connectivity index (χ1) is 61.4. The van der Waals surface area contributed by atoms with Gasteiger partial charge in [-0.2, -0.15) is 0 Å². The number of aliphatic hydroxyl groups is 8. The number of rotatable bonds is 32. The van der Waals surface area contributed by atoms with Crippen LogP contribution < -0.4 is 34.4 Å². The van der Waals surface area contributed by atoms with E-state index < -0.39 is 226 Å². The lowest BCUT2D eigenvalue weighted by Gasteiger charge is -2.25. The molecule has 64 nitrogen and oxygen atoms in total. The van der Waals surface area contributed by atoms with Gasteiger partial charge in [0.2, 0.25) is 0 Å². The summed E-state index contributed by atoms with van der Waals surface area (Å²) in [4.78, 5) is 131. The van der Waals surface area contributed by atoms with Crippen molar-refractivity contribution in [2.24, 2.45) is 0 Å². The molecule has 0 bridgehead atoms. The first-order valence-corrected chi connectivity index (χ1v) is 45.1. The van der Waals surface area contributed by atoms with Crippen molar-refractivity contribution >= 4 is 141 Å². The van der Waals surface area contributed by atoms with E-state index in [1.165, 1.54) is 15.5 Å². The number of aromatic nitrogens is 24. The normalized spacial score (nSPS) is 32.1. The number of nitrogen functional groups attached to an aromatic ring is 6. The Hall–Kier alpha value is -9.91. The van der Waals surface area contributed by atoms with Crippen LogP contribution in [0.1, 0.15) is 37.4 Å². The summed E-state index contributed by atoms with van der Waals surface area (Å²) in [5, 5.41) is 91.7. The molecule has 0 amide bonds. The van der Waals surface area contributed by atoms with E-state index in [-0.39, 0.29) is 102 Å². The first-order valence-electron chi connectivity index (χ1n) is 37.6. The first kappa shape index (κ1) is 89.7. The highest BCUT2D eigenvalue weighted by Crippen LogP contribution is 2.58. The lowest BCUT2D eigenvalue weighted by molar-refractivity contribution is -0.0665. The van der Waals surface area contributed by atoms with Crippen LogP contribution >= 0.6 is 39.1 Å². The SMILES string of the molecule is Nc1ncnc2c1ncn2C1O[C@H](COP(=O)(O)O[C@H]2C(n3cnc4c(N)ncnc43)O[C@H](COP(=O)(O)O[C@H]3C(n4cnc5c(N)ncnc54)O[C@H](COP(=O)(O)O[C@H]4C(n5cnc6c(N)ncnc65)O[C@H](COP(=O)(O)O[C@H]5C(n6cnc7c(N)ncnc76)O[C@H](COP(=O)(O)O[C@H]6C(n7cnc8c(N)ncnc87)O[C@H](CO)[C@H]6O)[C@H]5O)[C@H]4O)[C@H]3O)[C@H]2O)[C@@H](O)[C@H]1O. The van der Waals surface area contributed by atoms with Gasteiger partial charge < -0.3 is 128 Å². The molecule has 6 aliphatic heterocycles. The smallest absolute Gasteiger partial charge is 0.394 e. The minimum absolute atomic E-state index is 0.0199. The van der Waals surface area contributed by atoms with Gasteiger partial charge in [0.25, 0.3) is 0 Å². The van der Waals surface area contributed by atoms with Gasteiger partial charge in [0, 0.05) is 0 Å². The molecule has 12 aromatic heterocycles. The number of ether oxygens (including phenoxy) is 6. The van der Waals surface area contributed by atoms with Crippen LogP contribution in [0, 0.1) is 0 Å². The summed E-state index contributed by atoms with van der Waals surface area (Å²) in [5.41, 5.74) is 35.6. The largest absolute Gasteiger partial charge is 0.472 e. The van der Waals surface area contributed by atoms with Crippen LogP contribution in [0.25, 0.3) is 67.0 Å². The monoisotopic (exact) mass is 1910 g/mol. The molecular weight excluding hydrogens is 1840 g/mol. The molecule has 6 aliphatic rings. The molecule has 0 aromatic carbocycles. The molecule has 0 spiro atoms. The maximum absolute atomic E-state index is 14.5. The fraction of sp³-hybridized carbons (Fsp3) is 0.500. The summed E-state index contributed by atoms with van der Waals surface area (Å²) in [6.45, 7) is -6.59. The van der Waals surface area contributed by atoms with Gasteiger partial charge in [-0.05, 0) is 0 Å². The van der Waals surface area contributed by atoms with Crippen LogP contribution in [-0.2, 0) is 96.5 Å². The average molecular weight is 1910 g/mol. The van der Waals surface area contributed by atoms with E-state index in [0.717, 1.165) is 87.9 Å². The van der Waals surface area contributed by atoms with Crippen LogP contribution in [0.4, 0.5) is 34.9 Å². The van der Waals surface area contributed by atoms with Crippen molar-refractivity contribution < 1.29 is 162 Å². The zero-order chi connectivity index (χ0) is 91.0. The molecule has 129 heavy (non-hydrogen) atoms. The highest BCUT2D eigenvalue weighted by molar-refractivity contribution is 7.48.